The Balaban J connectivity index is 2.85. The quantitative estimate of drug-likeness (QED) is 0.558. The molecule has 9 heavy (non-hydrogen) atoms. The van der Waals surface area contributed by atoms with Gasteiger partial charge in [-0.15, -0.1) is 0 Å². The SMILES string of the molecule is CC=Cc1ccc(C)o1. The first kappa shape index (κ1) is 6.14. The predicted molar refractivity (Wildman–Crippen MR) is 38.2 cm³/mol. The van der Waals surface area contributed by atoms with Crippen LogP contribution in [0.1, 0.15) is 18.4 Å². The van der Waals surface area contributed by atoms with Crippen LogP contribution in [0.4, 0.5) is 0 Å². The van der Waals surface area contributed by atoms with Gasteiger partial charge < -0.3 is 4.42 Å². The Morgan fingerprint density at radius 2 is 2.22 bits per heavy atom. The van der Waals surface area contributed by atoms with Gasteiger partial charge in [-0.25, -0.2) is 0 Å². The smallest absolute Gasteiger partial charge is 0.126 e. The number of allylic oxidation sites excluding steroid dienone is 1. The summed E-state index contributed by atoms with van der Waals surface area (Å²) in [5.74, 6) is 1.89. The minimum absolute atomic E-state index is 0.926. The highest BCUT2D eigenvalue weighted by Gasteiger charge is 1.89. The van der Waals surface area contributed by atoms with Crippen molar-refractivity contribution in [3.63, 3.8) is 0 Å². The molecule has 1 rings (SSSR count). The minimum Gasteiger partial charge on any atom is -0.462 e. The van der Waals surface area contributed by atoms with Crippen molar-refractivity contribution in [1.82, 2.24) is 0 Å². The molecule has 48 valence electrons. The molecule has 0 amide bonds. The van der Waals surface area contributed by atoms with Crippen LogP contribution in [0.15, 0.2) is 22.6 Å². The third kappa shape index (κ3) is 1.46. The molecule has 1 heteroatoms. The molecule has 0 atom stereocenters. The van der Waals surface area contributed by atoms with Crippen molar-refractivity contribution in [3.05, 3.63) is 29.7 Å². The Labute approximate surface area is 55.0 Å². The summed E-state index contributed by atoms with van der Waals surface area (Å²) in [5, 5.41) is 0. The monoisotopic (exact) mass is 122 g/mol. The lowest BCUT2D eigenvalue weighted by molar-refractivity contribution is 0.525. The van der Waals surface area contributed by atoms with Gasteiger partial charge in [0.15, 0.2) is 0 Å². The zero-order chi connectivity index (χ0) is 6.69. The molecular formula is C8H10O. The van der Waals surface area contributed by atoms with Gasteiger partial charge in [-0.2, -0.15) is 0 Å². The van der Waals surface area contributed by atoms with Crippen molar-refractivity contribution in [2.75, 3.05) is 0 Å². The van der Waals surface area contributed by atoms with Crippen LogP contribution in [-0.4, -0.2) is 0 Å². The summed E-state index contributed by atoms with van der Waals surface area (Å²) in [6.07, 6.45) is 3.89. The first-order valence-electron chi connectivity index (χ1n) is 3.02. The largest absolute Gasteiger partial charge is 0.462 e. The normalized spacial score (nSPS) is 10.9. The summed E-state index contributed by atoms with van der Waals surface area (Å²) in [6, 6.07) is 3.91. The fourth-order valence-electron chi connectivity index (χ4n) is 0.707. The van der Waals surface area contributed by atoms with Crippen molar-refractivity contribution >= 4 is 6.08 Å². The van der Waals surface area contributed by atoms with E-state index in [1.165, 1.54) is 0 Å². The van der Waals surface area contributed by atoms with Crippen LogP contribution in [0.5, 0.6) is 0 Å². The van der Waals surface area contributed by atoms with E-state index in [1.807, 2.05) is 38.1 Å². The molecule has 1 nitrogen and oxygen atoms in total. The third-order valence-electron chi connectivity index (χ3n) is 1.09. The van der Waals surface area contributed by atoms with E-state index in [2.05, 4.69) is 0 Å². The van der Waals surface area contributed by atoms with Crippen molar-refractivity contribution in [2.24, 2.45) is 0 Å². The number of hydrogen-bond donors (Lipinski definition) is 0. The molecule has 1 aromatic heterocycles. The Bertz CT molecular complexity index is 208. The number of rotatable bonds is 1. The van der Waals surface area contributed by atoms with Gasteiger partial charge in [0.25, 0.3) is 0 Å². The molecule has 0 fully saturated rings. The highest BCUT2D eigenvalue weighted by atomic mass is 16.3. The van der Waals surface area contributed by atoms with Gasteiger partial charge in [-0.3, -0.25) is 0 Å². The lowest BCUT2D eigenvalue weighted by Gasteiger charge is -1.80. The highest BCUT2D eigenvalue weighted by molar-refractivity contribution is 5.41. The maximum atomic E-state index is 5.24. The van der Waals surface area contributed by atoms with Crippen molar-refractivity contribution in [3.8, 4) is 0 Å². The van der Waals surface area contributed by atoms with Crippen molar-refractivity contribution < 1.29 is 4.42 Å². The molecule has 0 radical (unpaired) electrons. The van der Waals surface area contributed by atoms with E-state index in [9.17, 15) is 0 Å². The van der Waals surface area contributed by atoms with E-state index in [0.29, 0.717) is 0 Å². The molecule has 1 aromatic rings. The van der Waals surface area contributed by atoms with Crippen molar-refractivity contribution in [2.45, 2.75) is 13.8 Å². The Hall–Kier alpha value is -0.980. The van der Waals surface area contributed by atoms with Gasteiger partial charge in [0.2, 0.25) is 0 Å². The van der Waals surface area contributed by atoms with E-state index in [0.717, 1.165) is 11.5 Å². The molecule has 0 spiro atoms. The molecule has 0 saturated carbocycles. The van der Waals surface area contributed by atoms with Crippen molar-refractivity contribution in [1.29, 1.82) is 0 Å². The van der Waals surface area contributed by atoms with Crippen LogP contribution in [0.2, 0.25) is 0 Å². The van der Waals surface area contributed by atoms with Crippen LogP contribution in [-0.2, 0) is 0 Å². The molecule has 0 unspecified atom stereocenters. The fourth-order valence-corrected chi connectivity index (χ4v) is 0.707. The molecule has 0 saturated heterocycles. The van der Waals surface area contributed by atoms with Gasteiger partial charge in [0.1, 0.15) is 11.5 Å². The number of hydrogen-bond acceptors (Lipinski definition) is 1. The van der Waals surface area contributed by atoms with E-state index >= 15 is 0 Å². The number of furan rings is 1. The fraction of sp³-hybridized carbons (Fsp3) is 0.250. The molecule has 1 heterocycles. The summed E-state index contributed by atoms with van der Waals surface area (Å²) < 4.78 is 5.24. The second kappa shape index (κ2) is 2.53. The van der Waals surface area contributed by atoms with Crippen LogP contribution in [0, 0.1) is 6.92 Å². The maximum absolute atomic E-state index is 5.24. The molecular weight excluding hydrogens is 112 g/mol. The first-order valence-corrected chi connectivity index (χ1v) is 3.02. The highest BCUT2D eigenvalue weighted by Crippen LogP contribution is 2.06. The van der Waals surface area contributed by atoms with Gasteiger partial charge in [-0.1, -0.05) is 6.08 Å². The molecule has 0 N–H and O–H groups in total. The zero-order valence-electron chi connectivity index (χ0n) is 5.72. The van der Waals surface area contributed by atoms with Crippen LogP contribution < -0.4 is 0 Å². The van der Waals surface area contributed by atoms with Gasteiger partial charge in [0, 0.05) is 0 Å². The predicted octanol–water partition coefficient (Wildman–Crippen LogP) is 2.62. The average molecular weight is 122 g/mol. The number of aryl methyl sites for hydroxylation is 1. The van der Waals surface area contributed by atoms with Crippen LogP contribution >= 0.6 is 0 Å². The zero-order valence-corrected chi connectivity index (χ0v) is 5.72. The Kier molecular flexibility index (Phi) is 1.73. The molecule has 0 aliphatic rings. The standard InChI is InChI=1S/C8H10O/c1-3-4-8-6-5-7(2)9-8/h3-6H,1-2H3. The summed E-state index contributed by atoms with van der Waals surface area (Å²) in [5.41, 5.74) is 0. The van der Waals surface area contributed by atoms with Gasteiger partial charge in [0.05, 0.1) is 0 Å². The molecule has 0 aromatic carbocycles. The lowest BCUT2D eigenvalue weighted by atomic mass is 10.4. The first-order chi connectivity index (χ1) is 4.33. The minimum atomic E-state index is 0.926. The van der Waals surface area contributed by atoms with Crippen LogP contribution in [0.3, 0.4) is 0 Å². The average Bonchev–Trinajstić information content (AvgIpc) is 2.17. The summed E-state index contributed by atoms with van der Waals surface area (Å²) in [6.45, 7) is 3.91. The van der Waals surface area contributed by atoms with Crippen LogP contribution in [0.25, 0.3) is 6.08 Å². The summed E-state index contributed by atoms with van der Waals surface area (Å²) in [4.78, 5) is 0. The second-order valence-electron chi connectivity index (χ2n) is 1.95. The van der Waals surface area contributed by atoms with E-state index in [1.54, 1.807) is 0 Å². The maximum Gasteiger partial charge on any atom is 0.126 e. The van der Waals surface area contributed by atoms with E-state index in [4.69, 9.17) is 4.42 Å². The summed E-state index contributed by atoms with van der Waals surface area (Å²) >= 11 is 0. The van der Waals surface area contributed by atoms with E-state index < -0.39 is 0 Å². The lowest BCUT2D eigenvalue weighted by Crippen LogP contribution is -1.57. The van der Waals surface area contributed by atoms with E-state index in [-0.39, 0.29) is 0 Å². The molecule has 0 bridgehead atoms. The summed E-state index contributed by atoms with van der Waals surface area (Å²) in [7, 11) is 0. The molecule has 0 aliphatic carbocycles. The van der Waals surface area contributed by atoms with Gasteiger partial charge in [-0.05, 0) is 32.1 Å². The molecule has 0 aliphatic heterocycles. The topological polar surface area (TPSA) is 13.1 Å². The third-order valence-corrected chi connectivity index (χ3v) is 1.09. The Morgan fingerprint density at radius 3 is 2.67 bits per heavy atom. The Morgan fingerprint density at radius 1 is 1.44 bits per heavy atom. The second-order valence-corrected chi connectivity index (χ2v) is 1.95. The van der Waals surface area contributed by atoms with Gasteiger partial charge >= 0.3 is 0 Å².